The van der Waals surface area contributed by atoms with Crippen LogP contribution in [0.25, 0.3) is 0 Å². The molecule has 0 amide bonds. The van der Waals surface area contributed by atoms with Crippen LogP contribution in [0.3, 0.4) is 0 Å². The molecule has 2 rings (SSSR count). The van der Waals surface area contributed by atoms with Gasteiger partial charge in [-0.25, -0.2) is 0 Å². The van der Waals surface area contributed by atoms with Gasteiger partial charge in [-0.15, -0.1) is 0 Å². The lowest BCUT2D eigenvalue weighted by molar-refractivity contribution is 0.0836. The summed E-state index contributed by atoms with van der Waals surface area (Å²) < 4.78 is 0. The maximum Gasteiger partial charge on any atom is 0.0907 e. The molecule has 2 aliphatic heterocycles. The molecular weight excluding hydrogens is 164 g/mol. The molecule has 0 aromatic carbocycles. The Morgan fingerprint density at radius 1 is 1.08 bits per heavy atom. The van der Waals surface area contributed by atoms with E-state index < -0.39 is 0 Å². The molecule has 2 unspecified atom stereocenters. The minimum Gasteiger partial charge on any atom is -0.298 e. The van der Waals surface area contributed by atoms with Crippen LogP contribution in [-0.4, -0.2) is 42.5 Å². The van der Waals surface area contributed by atoms with Gasteiger partial charge in [-0.2, -0.15) is 0 Å². The van der Waals surface area contributed by atoms with Crippen molar-refractivity contribution in [3.05, 3.63) is 0 Å². The SMILES string of the molecule is CC(C)(C)N1CNC2NCCNC21. The molecule has 2 fully saturated rings. The fraction of sp³-hybridized carbons (Fsp3) is 1.00. The van der Waals surface area contributed by atoms with Crippen LogP contribution in [0.15, 0.2) is 0 Å². The second-order valence-electron chi connectivity index (χ2n) is 4.83. The Bertz CT molecular complexity index is 187. The molecule has 0 saturated carbocycles. The molecule has 0 radical (unpaired) electrons. The Labute approximate surface area is 80.1 Å². The number of hydrogen-bond donors (Lipinski definition) is 3. The molecule has 2 heterocycles. The first-order chi connectivity index (χ1) is 6.09. The molecule has 2 aliphatic rings. The second kappa shape index (κ2) is 3.20. The number of nitrogens with one attached hydrogen (secondary N) is 3. The Kier molecular flexibility index (Phi) is 2.32. The van der Waals surface area contributed by atoms with E-state index in [1.165, 1.54) is 0 Å². The van der Waals surface area contributed by atoms with E-state index in [2.05, 4.69) is 41.6 Å². The predicted molar refractivity (Wildman–Crippen MR) is 53.2 cm³/mol. The summed E-state index contributed by atoms with van der Waals surface area (Å²) in [6, 6.07) is 0. The smallest absolute Gasteiger partial charge is 0.0907 e. The van der Waals surface area contributed by atoms with E-state index in [1.54, 1.807) is 0 Å². The fourth-order valence-electron chi connectivity index (χ4n) is 2.10. The minimum atomic E-state index is 0.235. The van der Waals surface area contributed by atoms with Gasteiger partial charge >= 0.3 is 0 Å². The highest BCUT2D eigenvalue weighted by Crippen LogP contribution is 2.20. The number of rotatable bonds is 0. The lowest BCUT2D eigenvalue weighted by Crippen LogP contribution is -2.62. The summed E-state index contributed by atoms with van der Waals surface area (Å²) >= 11 is 0. The predicted octanol–water partition coefficient (Wildman–Crippen LogP) is -0.507. The topological polar surface area (TPSA) is 39.3 Å². The first-order valence-corrected chi connectivity index (χ1v) is 5.06. The first kappa shape index (κ1) is 9.40. The van der Waals surface area contributed by atoms with Gasteiger partial charge in [0.1, 0.15) is 0 Å². The zero-order chi connectivity index (χ0) is 9.47. The summed E-state index contributed by atoms with van der Waals surface area (Å²) in [5, 5.41) is 10.5. The van der Waals surface area contributed by atoms with E-state index in [-0.39, 0.29) is 5.54 Å². The monoisotopic (exact) mass is 184 g/mol. The van der Waals surface area contributed by atoms with Gasteiger partial charge in [-0.05, 0) is 20.8 Å². The molecule has 4 heteroatoms. The maximum atomic E-state index is 3.54. The Balaban J connectivity index is 2.07. The van der Waals surface area contributed by atoms with Crippen LogP contribution in [0.4, 0.5) is 0 Å². The average Bonchev–Trinajstić information content (AvgIpc) is 2.45. The molecule has 0 spiro atoms. The quantitative estimate of drug-likeness (QED) is 0.474. The Morgan fingerprint density at radius 3 is 2.46 bits per heavy atom. The van der Waals surface area contributed by atoms with Gasteiger partial charge in [0.15, 0.2) is 0 Å². The van der Waals surface area contributed by atoms with Crippen molar-refractivity contribution in [2.75, 3.05) is 19.8 Å². The molecule has 13 heavy (non-hydrogen) atoms. The van der Waals surface area contributed by atoms with E-state index in [0.29, 0.717) is 12.3 Å². The van der Waals surface area contributed by atoms with Crippen LogP contribution in [-0.2, 0) is 0 Å². The van der Waals surface area contributed by atoms with Crippen molar-refractivity contribution in [3.8, 4) is 0 Å². The third-order valence-corrected chi connectivity index (χ3v) is 2.84. The third-order valence-electron chi connectivity index (χ3n) is 2.84. The first-order valence-electron chi connectivity index (χ1n) is 5.06. The van der Waals surface area contributed by atoms with Crippen LogP contribution < -0.4 is 16.0 Å². The molecular formula is C9H20N4. The zero-order valence-electron chi connectivity index (χ0n) is 8.72. The number of piperazine rings is 1. The molecule has 2 atom stereocenters. The molecule has 0 aromatic heterocycles. The van der Waals surface area contributed by atoms with Crippen LogP contribution in [0.2, 0.25) is 0 Å². The molecule has 3 N–H and O–H groups in total. The van der Waals surface area contributed by atoms with Crippen molar-refractivity contribution in [2.45, 2.75) is 38.6 Å². The summed E-state index contributed by atoms with van der Waals surface area (Å²) in [7, 11) is 0. The van der Waals surface area contributed by atoms with E-state index in [4.69, 9.17) is 0 Å². The summed E-state index contributed by atoms with van der Waals surface area (Å²) in [5.74, 6) is 0. The van der Waals surface area contributed by atoms with Gasteiger partial charge < -0.3 is 0 Å². The molecule has 0 bridgehead atoms. The minimum absolute atomic E-state index is 0.235. The van der Waals surface area contributed by atoms with Crippen molar-refractivity contribution >= 4 is 0 Å². The van der Waals surface area contributed by atoms with Crippen molar-refractivity contribution in [1.82, 2.24) is 20.9 Å². The molecule has 4 nitrogen and oxygen atoms in total. The maximum absolute atomic E-state index is 3.54. The Morgan fingerprint density at radius 2 is 1.77 bits per heavy atom. The van der Waals surface area contributed by atoms with Crippen LogP contribution in [0.1, 0.15) is 20.8 Å². The van der Waals surface area contributed by atoms with Gasteiger partial charge in [0.05, 0.1) is 19.0 Å². The number of hydrogen-bond acceptors (Lipinski definition) is 4. The van der Waals surface area contributed by atoms with Crippen LogP contribution in [0.5, 0.6) is 0 Å². The number of nitrogens with zero attached hydrogens (tertiary/aromatic N) is 1. The molecule has 76 valence electrons. The normalized spacial score (nSPS) is 36.2. The van der Waals surface area contributed by atoms with Crippen molar-refractivity contribution in [3.63, 3.8) is 0 Å². The lowest BCUT2D eigenvalue weighted by Gasteiger charge is -2.39. The van der Waals surface area contributed by atoms with Crippen LogP contribution in [0, 0.1) is 0 Å². The summed E-state index contributed by atoms with van der Waals surface area (Å²) in [6.45, 7) is 9.87. The van der Waals surface area contributed by atoms with E-state index >= 15 is 0 Å². The highest BCUT2D eigenvalue weighted by atomic mass is 15.5. The molecule has 2 saturated heterocycles. The van der Waals surface area contributed by atoms with Gasteiger partial charge in [0, 0.05) is 18.6 Å². The van der Waals surface area contributed by atoms with E-state index in [9.17, 15) is 0 Å². The van der Waals surface area contributed by atoms with E-state index in [0.717, 1.165) is 19.8 Å². The summed E-state index contributed by atoms with van der Waals surface area (Å²) in [5.41, 5.74) is 0.235. The van der Waals surface area contributed by atoms with Crippen molar-refractivity contribution in [2.24, 2.45) is 0 Å². The molecule has 0 aliphatic carbocycles. The average molecular weight is 184 g/mol. The summed E-state index contributed by atoms with van der Waals surface area (Å²) in [6.07, 6.45) is 0.877. The second-order valence-corrected chi connectivity index (χ2v) is 4.83. The highest BCUT2D eigenvalue weighted by molar-refractivity contribution is 4.95. The standard InChI is InChI=1S/C9H20N4/c1-9(2,3)13-6-12-7-8(13)11-5-4-10-7/h7-8,10-12H,4-6H2,1-3H3. The van der Waals surface area contributed by atoms with Gasteiger partial charge in [-0.1, -0.05) is 0 Å². The molecule has 0 aromatic rings. The van der Waals surface area contributed by atoms with Crippen molar-refractivity contribution in [1.29, 1.82) is 0 Å². The third kappa shape index (κ3) is 1.72. The van der Waals surface area contributed by atoms with Gasteiger partial charge in [0.2, 0.25) is 0 Å². The highest BCUT2D eigenvalue weighted by Gasteiger charge is 2.40. The summed E-state index contributed by atoms with van der Waals surface area (Å²) in [4.78, 5) is 2.46. The lowest BCUT2D eigenvalue weighted by atomic mass is 10.1. The number of fused-ring (bicyclic) bond motifs is 1. The van der Waals surface area contributed by atoms with Crippen molar-refractivity contribution < 1.29 is 0 Å². The largest absolute Gasteiger partial charge is 0.298 e. The van der Waals surface area contributed by atoms with E-state index in [1.807, 2.05) is 0 Å². The van der Waals surface area contributed by atoms with Gasteiger partial charge in [-0.3, -0.25) is 20.9 Å². The Hall–Kier alpha value is -0.160. The zero-order valence-corrected chi connectivity index (χ0v) is 8.72. The van der Waals surface area contributed by atoms with Crippen LogP contribution >= 0.6 is 0 Å². The fourth-order valence-corrected chi connectivity index (χ4v) is 2.10. The van der Waals surface area contributed by atoms with Gasteiger partial charge in [0.25, 0.3) is 0 Å².